The van der Waals surface area contributed by atoms with Gasteiger partial charge in [0.05, 0.1) is 17.6 Å². The lowest BCUT2D eigenvalue weighted by Gasteiger charge is -2.04. The molecule has 3 aromatic heterocycles. The molecule has 1 aliphatic carbocycles. The van der Waals surface area contributed by atoms with E-state index in [1.807, 2.05) is 13.1 Å². The minimum absolute atomic E-state index is 0.152. The lowest BCUT2D eigenvalue weighted by atomic mass is 10.1. The van der Waals surface area contributed by atoms with Gasteiger partial charge in [-0.05, 0) is 43.4 Å². The van der Waals surface area contributed by atoms with Crippen molar-refractivity contribution in [3.63, 3.8) is 0 Å². The van der Waals surface area contributed by atoms with Gasteiger partial charge in [-0.2, -0.15) is 5.26 Å². The number of nitrogens with zero attached hydrogens (tertiary/aromatic N) is 4. The molecule has 0 unspecified atom stereocenters. The summed E-state index contributed by atoms with van der Waals surface area (Å²) in [5.41, 5.74) is 1.77. The molecule has 0 spiro atoms. The summed E-state index contributed by atoms with van der Waals surface area (Å²) in [5, 5.41) is 22.1. The molecule has 1 aliphatic rings. The molecule has 0 aliphatic heterocycles. The topological polar surface area (TPSA) is 96.7 Å². The molecular weight excluding hydrogens is 394 g/mol. The second-order valence-corrected chi connectivity index (χ2v) is 8.61. The van der Waals surface area contributed by atoms with Crippen LogP contribution < -0.4 is 5.32 Å². The number of thiophene rings is 1. The smallest absolute Gasteiger partial charge is 0.235 e. The van der Waals surface area contributed by atoms with Crippen LogP contribution in [0.15, 0.2) is 28.0 Å². The summed E-state index contributed by atoms with van der Waals surface area (Å²) >= 11 is 2.85. The number of thioether (sulfide) groups is 1. The number of amides is 1. The molecule has 0 saturated heterocycles. The normalized spacial score (nSPS) is 13.6. The Balaban J connectivity index is 1.43. The zero-order chi connectivity index (χ0) is 19.5. The Kier molecular flexibility index (Phi) is 5.50. The number of anilines is 1. The Hall–Kier alpha value is -2.57. The van der Waals surface area contributed by atoms with Gasteiger partial charge >= 0.3 is 0 Å². The van der Waals surface area contributed by atoms with Gasteiger partial charge in [0.15, 0.2) is 16.7 Å². The average Bonchev–Trinajstić information content (AvgIpc) is 3.36. The first-order chi connectivity index (χ1) is 13.7. The summed E-state index contributed by atoms with van der Waals surface area (Å²) in [6, 6.07) is 5.90. The van der Waals surface area contributed by atoms with Crippen LogP contribution >= 0.6 is 23.1 Å². The van der Waals surface area contributed by atoms with E-state index in [1.54, 1.807) is 28.2 Å². The highest BCUT2D eigenvalue weighted by atomic mass is 32.2. The van der Waals surface area contributed by atoms with Gasteiger partial charge in [-0.1, -0.05) is 18.2 Å². The first kappa shape index (κ1) is 18.8. The summed E-state index contributed by atoms with van der Waals surface area (Å²) in [5.74, 6) is 1.28. The number of carbonyl (C=O) groups excluding carboxylic acids is 1. The lowest BCUT2D eigenvalue weighted by Crippen LogP contribution is -2.14. The van der Waals surface area contributed by atoms with E-state index in [2.05, 4.69) is 21.6 Å². The van der Waals surface area contributed by atoms with E-state index < -0.39 is 0 Å². The molecule has 28 heavy (non-hydrogen) atoms. The van der Waals surface area contributed by atoms with Crippen LogP contribution in [0.1, 0.15) is 35.3 Å². The van der Waals surface area contributed by atoms with Gasteiger partial charge in [0.25, 0.3) is 0 Å². The maximum atomic E-state index is 12.5. The number of fused-ring (bicyclic) bond motifs is 1. The van der Waals surface area contributed by atoms with Gasteiger partial charge in [-0.3, -0.25) is 4.79 Å². The summed E-state index contributed by atoms with van der Waals surface area (Å²) in [6.45, 7) is 0. The van der Waals surface area contributed by atoms with Crippen molar-refractivity contribution in [1.82, 2.24) is 14.8 Å². The molecule has 144 valence electrons. The molecule has 0 atom stereocenters. The summed E-state index contributed by atoms with van der Waals surface area (Å²) in [7, 11) is 1.84. The van der Waals surface area contributed by atoms with Crippen LogP contribution in [0, 0.1) is 11.3 Å². The number of hydrogen-bond acceptors (Lipinski definition) is 7. The summed E-state index contributed by atoms with van der Waals surface area (Å²) in [4.78, 5) is 13.7. The van der Waals surface area contributed by atoms with Crippen molar-refractivity contribution < 1.29 is 9.21 Å². The fraction of sp³-hybridized carbons (Fsp3) is 0.368. The van der Waals surface area contributed by atoms with E-state index in [0.29, 0.717) is 27.3 Å². The van der Waals surface area contributed by atoms with Crippen LogP contribution in [0.25, 0.3) is 11.6 Å². The molecule has 0 radical (unpaired) electrons. The maximum absolute atomic E-state index is 12.5. The van der Waals surface area contributed by atoms with E-state index >= 15 is 0 Å². The lowest BCUT2D eigenvalue weighted by molar-refractivity contribution is -0.113. The van der Waals surface area contributed by atoms with Crippen LogP contribution in [-0.2, 0) is 24.7 Å². The molecule has 0 fully saturated rings. The molecule has 1 N–H and O–H groups in total. The van der Waals surface area contributed by atoms with Crippen LogP contribution in [0.5, 0.6) is 0 Å². The quantitative estimate of drug-likeness (QED) is 0.501. The van der Waals surface area contributed by atoms with Crippen molar-refractivity contribution in [1.29, 1.82) is 5.26 Å². The first-order valence-corrected chi connectivity index (χ1v) is 10.9. The average molecular weight is 414 g/mol. The highest BCUT2D eigenvalue weighted by Crippen LogP contribution is 2.37. The predicted molar refractivity (Wildman–Crippen MR) is 108 cm³/mol. The highest BCUT2D eigenvalue weighted by molar-refractivity contribution is 7.99. The molecule has 7 nitrogen and oxygen atoms in total. The van der Waals surface area contributed by atoms with E-state index in [9.17, 15) is 10.1 Å². The van der Waals surface area contributed by atoms with Crippen LogP contribution in [0.2, 0.25) is 0 Å². The van der Waals surface area contributed by atoms with E-state index in [4.69, 9.17) is 4.42 Å². The van der Waals surface area contributed by atoms with Crippen molar-refractivity contribution in [2.75, 3.05) is 11.1 Å². The van der Waals surface area contributed by atoms with Gasteiger partial charge in [0, 0.05) is 11.9 Å². The predicted octanol–water partition coefficient (Wildman–Crippen LogP) is 4.01. The van der Waals surface area contributed by atoms with Gasteiger partial charge in [0.2, 0.25) is 5.91 Å². The van der Waals surface area contributed by atoms with Crippen molar-refractivity contribution in [3.8, 4) is 17.7 Å². The molecule has 3 aromatic rings. The molecule has 1 amide bonds. The van der Waals surface area contributed by atoms with Gasteiger partial charge < -0.3 is 14.3 Å². The number of furan rings is 1. The third-order valence-corrected chi connectivity index (χ3v) is 6.92. The largest absolute Gasteiger partial charge is 0.461 e. The second kappa shape index (κ2) is 8.20. The van der Waals surface area contributed by atoms with E-state index in [1.165, 1.54) is 23.1 Å². The first-order valence-electron chi connectivity index (χ1n) is 9.08. The second-order valence-electron chi connectivity index (χ2n) is 6.56. The number of carbonyl (C=O) groups is 1. The van der Waals surface area contributed by atoms with E-state index in [-0.39, 0.29) is 11.7 Å². The number of rotatable bonds is 5. The van der Waals surface area contributed by atoms with Crippen molar-refractivity contribution in [2.45, 2.75) is 37.3 Å². The highest BCUT2D eigenvalue weighted by Gasteiger charge is 2.21. The van der Waals surface area contributed by atoms with Crippen molar-refractivity contribution in [3.05, 3.63) is 34.4 Å². The number of nitriles is 1. The molecule has 9 heteroatoms. The molecule has 0 bridgehead atoms. The van der Waals surface area contributed by atoms with Crippen LogP contribution in [0.3, 0.4) is 0 Å². The Morgan fingerprint density at radius 1 is 1.39 bits per heavy atom. The number of hydrogen-bond donors (Lipinski definition) is 1. The summed E-state index contributed by atoms with van der Waals surface area (Å²) in [6.07, 6.45) is 6.95. The molecule has 4 rings (SSSR count). The maximum Gasteiger partial charge on any atom is 0.235 e. The Labute approximate surface area is 170 Å². The molecular formula is C19H19N5O2S2. The summed E-state index contributed by atoms with van der Waals surface area (Å²) < 4.78 is 7.15. The van der Waals surface area contributed by atoms with Crippen molar-refractivity contribution >= 4 is 34.0 Å². The van der Waals surface area contributed by atoms with Crippen LogP contribution in [0.4, 0.5) is 5.00 Å². The number of aryl methyl sites for hydroxylation is 1. The molecule has 0 aromatic carbocycles. The third-order valence-electron chi connectivity index (χ3n) is 4.69. The number of aromatic nitrogens is 3. The minimum Gasteiger partial charge on any atom is -0.461 e. The Morgan fingerprint density at radius 3 is 3.04 bits per heavy atom. The van der Waals surface area contributed by atoms with Gasteiger partial charge in [-0.25, -0.2) is 0 Å². The SMILES string of the molecule is Cn1c(SCC(=O)Nc2sc3c(c2C#N)CCCCC3)nnc1-c1ccco1. The van der Waals surface area contributed by atoms with Crippen molar-refractivity contribution in [2.24, 2.45) is 7.05 Å². The Morgan fingerprint density at radius 2 is 2.25 bits per heavy atom. The fourth-order valence-electron chi connectivity index (χ4n) is 3.30. The molecule has 3 heterocycles. The standard InChI is InChI=1S/C19H19N5O2S2/c1-24-17(14-7-5-9-26-14)22-23-19(24)27-11-16(25)21-18-13(10-20)12-6-3-2-4-8-15(12)28-18/h5,7,9H,2-4,6,8,11H2,1H3,(H,21,25). The Bertz CT molecular complexity index is 1030. The fourth-order valence-corrected chi connectivity index (χ4v) is 5.27. The number of nitrogens with one attached hydrogen (secondary N) is 1. The molecule has 0 saturated carbocycles. The van der Waals surface area contributed by atoms with Gasteiger partial charge in [-0.15, -0.1) is 21.5 Å². The minimum atomic E-state index is -0.152. The van der Waals surface area contributed by atoms with Crippen LogP contribution in [-0.4, -0.2) is 26.4 Å². The van der Waals surface area contributed by atoms with Gasteiger partial charge in [0.1, 0.15) is 11.1 Å². The third kappa shape index (κ3) is 3.70. The zero-order valence-electron chi connectivity index (χ0n) is 15.4. The van der Waals surface area contributed by atoms with E-state index in [0.717, 1.165) is 31.2 Å². The monoisotopic (exact) mass is 413 g/mol. The zero-order valence-corrected chi connectivity index (χ0v) is 17.0.